The topological polar surface area (TPSA) is 78.4 Å². The fraction of sp³-hybridized carbons (Fsp3) is 0.333. The Morgan fingerprint density at radius 1 is 0.912 bits per heavy atom. The third-order valence-electron chi connectivity index (χ3n) is 6.62. The Morgan fingerprint density at radius 3 is 2.32 bits per heavy atom. The van der Waals surface area contributed by atoms with Crippen LogP contribution in [0.25, 0.3) is 11.3 Å². The van der Waals surface area contributed by atoms with E-state index in [1.54, 1.807) is 4.90 Å². The molecule has 3 aromatic rings. The minimum atomic E-state index is -0.373. The molecular weight excluding hydrogens is 426 g/mol. The first kappa shape index (κ1) is 22.1. The van der Waals surface area contributed by atoms with Gasteiger partial charge in [0, 0.05) is 43.0 Å². The van der Waals surface area contributed by atoms with Gasteiger partial charge in [0.05, 0.1) is 11.6 Å². The number of aromatic nitrogens is 2. The van der Waals surface area contributed by atoms with Crippen LogP contribution in [0, 0.1) is 12.8 Å². The van der Waals surface area contributed by atoms with Crippen molar-refractivity contribution in [1.82, 2.24) is 10.2 Å². The first-order chi connectivity index (χ1) is 16.6. The summed E-state index contributed by atoms with van der Waals surface area (Å²) in [4.78, 5) is 29.3. The second-order valence-electron chi connectivity index (χ2n) is 9.13. The van der Waals surface area contributed by atoms with Crippen LogP contribution >= 0.6 is 0 Å². The summed E-state index contributed by atoms with van der Waals surface area (Å²) in [5.74, 6) is 0.395. The molecule has 1 unspecified atom stereocenters. The number of hydrogen-bond acceptors (Lipinski definition) is 5. The van der Waals surface area contributed by atoms with Crippen molar-refractivity contribution in [3.63, 3.8) is 0 Å². The van der Waals surface area contributed by atoms with Crippen LogP contribution in [-0.2, 0) is 9.59 Å². The molecule has 34 heavy (non-hydrogen) atoms. The Hall–Kier alpha value is -3.74. The number of amides is 2. The zero-order valence-corrected chi connectivity index (χ0v) is 19.4. The molecule has 2 aliphatic rings. The third-order valence-corrected chi connectivity index (χ3v) is 6.62. The lowest BCUT2D eigenvalue weighted by atomic mass is 10.1. The maximum atomic E-state index is 12.8. The van der Waals surface area contributed by atoms with Crippen molar-refractivity contribution in [3.05, 3.63) is 66.2 Å². The Bertz CT molecular complexity index is 1150. The van der Waals surface area contributed by atoms with Crippen LogP contribution in [0.2, 0.25) is 0 Å². The van der Waals surface area contributed by atoms with Crippen molar-refractivity contribution in [2.45, 2.75) is 32.6 Å². The SMILES string of the molecule is Cc1ccc(N2CC(C(=O)Nc3ccc(-c4ccc(N5CCCCC5)nn4)cc3)CC2=O)cc1. The van der Waals surface area contributed by atoms with E-state index < -0.39 is 0 Å². The van der Waals surface area contributed by atoms with E-state index in [2.05, 4.69) is 20.4 Å². The number of benzene rings is 2. The van der Waals surface area contributed by atoms with Crippen LogP contribution in [0.1, 0.15) is 31.2 Å². The zero-order valence-electron chi connectivity index (χ0n) is 19.4. The summed E-state index contributed by atoms with van der Waals surface area (Å²) in [5.41, 5.74) is 4.42. The molecule has 0 aliphatic carbocycles. The number of carbonyl (C=O) groups excluding carboxylic acids is 2. The summed E-state index contributed by atoms with van der Waals surface area (Å²) in [7, 11) is 0. The molecule has 5 rings (SSSR count). The molecule has 1 atom stereocenters. The molecule has 0 bridgehead atoms. The predicted molar refractivity (Wildman–Crippen MR) is 134 cm³/mol. The highest BCUT2D eigenvalue weighted by atomic mass is 16.2. The first-order valence-corrected chi connectivity index (χ1v) is 11.9. The summed E-state index contributed by atoms with van der Waals surface area (Å²) in [6.45, 7) is 4.48. The number of aryl methyl sites for hydroxylation is 1. The number of piperidine rings is 1. The summed E-state index contributed by atoms with van der Waals surface area (Å²) < 4.78 is 0. The van der Waals surface area contributed by atoms with Gasteiger partial charge >= 0.3 is 0 Å². The lowest BCUT2D eigenvalue weighted by Gasteiger charge is -2.27. The lowest BCUT2D eigenvalue weighted by molar-refractivity contribution is -0.122. The van der Waals surface area contributed by atoms with Crippen molar-refractivity contribution < 1.29 is 9.59 Å². The summed E-state index contributed by atoms with van der Waals surface area (Å²) in [5, 5.41) is 11.8. The molecular formula is C27H29N5O2. The van der Waals surface area contributed by atoms with Gasteiger partial charge in [-0.2, -0.15) is 0 Å². The monoisotopic (exact) mass is 455 g/mol. The van der Waals surface area contributed by atoms with Gasteiger partial charge < -0.3 is 15.1 Å². The molecule has 1 N–H and O–H groups in total. The average Bonchev–Trinajstić information content (AvgIpc) is 3.27. The van der Waals surface area contributed by atoms with Gasteiger partial charge in [0.15, 0.2) is 5.82 Å². The summed E-state index contributed by atoms with van der Waals surface area (Å²) in [6, 6.07) is 19.4. The molecule has 0 saturated carbocycles. The maximum Gasteiger partial charge on any atom is 0.229 e. The minimum Gasteiger partial charge on any atom is -0.355 e. The predicted octanol–water partition coefficient (Wildman–Crippen LogP) is 4.43. The molecule has 2 saturated heterocycles. The van der Waals surface area contributed by atoms with Gasteiger partial charge in [-0.1, -0.05) is 29.8 Å². The van der Waals surface area contributed by atoms with Crippen LogP contribution in [0.4, 0.5) is 17.2 Å². The van der Waals surface area contributed by atoms with Gasteiger partial charge in [-0.15, -0.1) is 10.2 Å². The third kappa shape index (κ3) is 4.78. The van der Waals surface area contributed by atoms with Crippen molar-refractivity contribution in [3.8, 4) is 11.3 Å². The lowest BCUT2D eigenvalue weighted by Crippen LogP contribution is -2.30. The van der Waals surface area contributed by atoms with E-state index in [0.29, 0.717) is 12.2 Å². The molecule has 0 radical (unpaired) electrons. The van der Waals surface area contributed by atoms with Crippen molar-refractivity contribution in [1.29, 1.82) is 0 Å². The second kappa shape index (κ2) is 9.63. The second-order valence-corrected chi connectivity index (χ2v) is 9.13. The molecule has 0 spiro atoms. The normalized spacial score (nSPS) is 18.3. The van der Waals surface area contributed by atoms with E-state index in [1.165, 1.54) is 19.3 Å². The number of hydrogen-bond donors (Lipinski definition) is 1. The quantitative estimate of drug-likeness (QED) is 0.616. The fourth-order valence-electron chi connectivity index (χ4n) is 4.60. The number of anilines is 3. The number of nitrogens with one attached hydrogen (secondary N) is 1. The minimum absolute atomic E-state index is 0.0223. The Balaban J connectivity index is 1.20. The molecule has 1 aromatic heterocycles. The van der Waals surface area contributed by atoms with Crippen LogP contribution < -0.4 is 15.1 Å². The average molecular weight is 456 g/mol. The van der Waals surface area contributed by atoms with Crippen LogP contribution in [0.5, 0.6) is 0 Å². The summed E-state index contributed by atoms with van der Waals surface area (Å²) in [6.07, 6.45) is 3.91. The highest BCUT2D eigenvalue weighted by Gasteiger charge is 2.35. The van der Waals surface area contributed by atoms with E-state index in [1.807, 2.05) is 67.6 Å². The molecule has 2 fully saturated rings. The van der Waals surface area contributed by atoms with Gasteiger partial charge in [0.2, 0.25) is 11.8 Å². The Labute approximate surface area is 199 Å². The summed E-state index contributed by atoms with van der Waals surface area (Å²) >= 11 is 0. The zero-order chi connectivity index (χ0) is 23.5. The molecule has 3 heterocycles. The van der Waals surface area contributed by atoms with E-state index >= 15 is 0 Å². The highest BCUT2D eigenvalue weighted by molar-refractivity contribution is 6.03. The standard InChI is InChI=1S/C27H29N5O2/c1-19-5-11-23(12-6-19)32-18-21(17-26(32)33)27(34)28-22-9-7-20(8-10-22)24-13-14-25(30-29-24)31-15-3-2-4-16-31/h5-14,21H,2-4,15-18H2,1H3,(H,28,34). The first-order valence-electron chi connectivity index (χ1n) is 11.9. The van der Waals surface area contributed by atoms with Gasteiger partial charge in [0.1, 0.15) is 0 Å². The molecule has 2 aromatic carbocycles. The van der Waals surface area contributed by atoms with Crippen molar-refractivity contribution >= 4 is 29.0 Å². The fourth-order valence-corrected chi connectivity index (χ4v) is 4.60. The number of carbonyl (C=O) groups is 2. The number of rotatable bonds is 5. The van der Waals surface area contributed by atoms with E-state index in [9.17, 15) is 9.59 Å². The number of nitrogens with zero attached hydrogens (tertiary/aromatic N) is 4. The van der Waals surface area contributed by atoms with Gasteiger partial charge in [-0.05, 0) is 62.6 Å². The highest BCUT2D eigenvalue weighted by Crippen LogP contribution is 2.27. The van der Waals surface area contributed by atoms with Gasteiger partial charge in [-0.3, -0.25) is 9.59 Å². The van der Waals surface area contributed by atoms with Crippen LogP contribution in [0.15, 0.2) is 60.7 Å². The van der Waals surface area contributed by atoms with E-state index in [-0.39, 0.29) is 24.2 Å². The van der Waals surface area contributed by atoms with Gasteiger partial charge in [0.25, 0.3) is 0 Å². The maximum absolute atomic E-state index is 12.8. The largest absolute Gasteiger partial charge is 0.355 e. The molecule has 174 valence electrons. The van der Waals surface area contributed by atoms with Crippen molar-refractivity contribution in [2.75, 3.05) is 34.8 Å². The molecule has 7 heteroatoms. The molecule has 7 nitrogen and oxygen atoms in total. The van der Waals surface area contributed by atoms with Crippen LogP contribution in [-0.4, -0.2) is 41.6 Å². The molecule has 2 amide bonds. The van der Waals surface area contributed by atoms with E-state index in [0.717, 1.165) is 41.4 Å². The van der Waals surface area contributed by atoms with Gasteiger partial charge in [-0.25, -0.2) is 0 Å². The van der Waals surface area contributed by atoms with Crippen molar-refractivity contribution in [2.24, 2.45) is 5.92 Å². The molecule has 2 aliphatic heterocycles. The Morgan fingerprint density at radius 2 is 1.65 bits per heavy atom. The van der Waals surface area contributed by atoms with Crippen LogP contribution in [0.3, 0.4) is 0 Å². The van der Waals surface area contributed by atoms with E-state index in [4.69, 9.17) is 0 Å². The Kier molecular flexibility index (Phi) is 6.25. The smallest absolute Gasteiger partial charge is 0.229 e.